The fourth-order valence-electron chi connectivity index (χ4n) is 2.18. The van der Waals surface area contributed by atoms with Crippen LogP contribution in [0.1, 0.15) is 43.9 Å². The summed E-state index contributed by atoms with van der Waals surface area (Å²) >= 11 is 3.49. The third kappa shape index (κ3) is 3.90. The van der Waals surface area contributed by atoms with Gasteiger partial charge in [0.15, 0.2) is 0 Å². The number of nitrogens with zero attached hydrogens (tertiary/aromatic N) is 3. The molecule has 0 aliphatic rings. The summed E-state index contributed by atoms with van der Waals surface area (Å²) in [5.41, 5.74) is 2.34. The highest BCUT2D eigenvalue weighted by molar-refractivity contribution is 9.10. The molecule has 1 unspecified atom stereocenters. The second-order valence-corrected chi connectivity index (χ2v) is 5.78. The van der Waals surface area contributed by atoms with Crippen molar-refractivity contribution >= 4 is 15.9 Å². The molecule has 0 saturated carbocycles. The average molecular weight is 337 g/mol. The van der Waals surface area contributed by atoms with Gasteiger partial charge in [0.1, 0.15) is 0 Å². The molecule has 2 heterocycles. The smallest absolute Gasteiger partial charge is 0.0623 e. The predicted octanol–water partition coefficient (Wildman–Crippen LogP) is 3.54. The number of pyridine rings is 1. The van der Waals surface area contributed by atoms with Crippen molar-refractivity contribution < 1.29 is 0 Å². The molecule has 20 heavy (non-hydrogen) atoms. The van der Waals surface area contributed by atoms with Gasteiger partial charge in [0.2, 0.25) is 0 Å². The van der Waals surface area contributed by atoms with Crippen molar-refractivity contribution in [3.05, 3.63) is 46.5 Å². The van der Waals surface area contributed by atoms with E-state index in [0.717, 1.165) is 36.0 Å². The standard InChI is InChI=1S/C15H21BrN4/c1-3-5-18-15(12-7-14(16)10-17-8-12)13-9-19-20(11-13)6-4-2/h7-11,15,18H,3-6H2,1-2H3. The van der Waals surface area contributed by atoms with E-state index in [1.807, 2.05) is 17.1 Å². The Balaban J connectivity index is 2.26. The SMILES string of the molecule is CCCNC(c1cncc(Br)c1)c1cnn(CCC)c1. The van der Waals surface area contributed by atoms with Gasteiger partial charge in [-0.2, -0.15) is 5.10 Å². The molecule has 0 bridgehead atoms. The number of rotatable bonds is 7. The molecule has 0 radical (unpaired) electrons. The van der Waals surface area contributed by atoms with Crippen LogP contribution in [-0.4, -0.2) is 21.3 Å². The Hall–Kier alpha value is -1.20. The summed E-state index contributed by atoms with van der Waals surface area (Å²) in [6.07, 6.45) is 9.98. The maximum atomic E-state index is 4.43. The first kappa shape index (κ1) is 15.2. The minimum absolute atomic E-state index is 0.144. The normalized spacial score (nSPS) is 12.6. The van der Waals surface area contributed by atoms with Gasteiger partial charge in [-0.05, 0) is 46.9 Å². The maximum Gasteiger partial charge on any atom is 0.0623 e. The summed E-state index contributed by atoms with van der Waals surface area (Å²) in [6.45, 7) is 6.25. The highest BCUT2D eigenvalue weighted by Crippen LogP contribution is 2.23. The zero-order chi connectivity index (χ0) is 14.4. The highest BCUT2D eigenvalue weighted by atomic mass is 79.9. The van der Waals surface area contributed by atoms with E-state index in [4.69, 9.17) is 0 Å². The van der Waals surface area contributed by atoms with Crippen LogP contribution in [0.3, 0.4) is 0 Å². The van der Waals surface area contributed by atoms with Crippen LogP contribution in [0.15, 0.2) is 35.3 Å². The van der Waals surface area contributed by atoms with Gasteiger partial charge >= 0.3 is 0 Å². The molecule has 0 amide bonds. The quantitative estimate of drug-likeness (QED) is 0.840. The van der Waals surface area contributed by atoms with Crippen LogP contribution in [0, 0.1) is 0 Å². The van der Waals surface area contributed by atoms with E-state index in [9.17, 15) is 0 Å². The number of hydrogen-bond donors (Lipinski definition) is 1. The van der Waals surface area contributed by atoms with Gasteiger partial charge in [-0.15, -0.1) is 0 Å². The Bertz CT molecular complexity index is 538. The van der Waals surface area contributed by atoms with E-state index in [2.05, 4.69) is 57.4 Å². The molecule has 0 aliphatic heterocycles. The van der Waals surface area contributed by atoms with E-state index in [0.29, 0.717) is 0 Å². The number of aryl methyl sites for hydroxylation is 1. The van der Waals surface area contributed by atoms with E-state index in [1.54, 1.807) is 6.20 Å². The molecule has 0 fully saturated rings. The third-order valence-corrected chi connectivity index (χ3v) is 3.53. The van der Waals surface area contributed by atoms with Gasteiger partial charge in [0, 0.05) is 35.2 Å². The van der Waals surface area contributed by atoms with Crippen LogP contribution in [0.2, 0.25) is 0 Å². The Kier molecular flexibility index (Phi) is 5.73. The van der Waals surface area contributed by atoms with Gasteiger partial charge in [0.25, 0.3) is 0 Å². The number of halogens is 1. The Labute approximate surface area is 128 Å². The van der Waals surface area contributed by atoms with E-state index in [-0.39, 0.29) is 6.04 Å². The zero-order valence-electron chi connectivity index (χ0n) is 12.0. The van der Waals surface area contributed by atoms with Gasteiger partial charge in [-0.1, -0.05) is 13.8 Å². The fourth-order valence-corrected chi connectivity index (χ4v) is 2.57. The highest BCUT2D eigenvalue weighted by Gasteiger charge is 2.16. The van der Waals surface area contributed by atoms with Crippen LogP contribution in [0.4, 0.5) is 0 Å². The first-order valence-corrected chi connectivity index (χ1v) is 7.90. The molecule has 0 aliphatic carbocycles. The summed E-state index contributed by atoms with van der Waals surface area (Å²) in [6, 6.07) is 2.25. The molecule has 2 aromatic rings. The van der Waals surface area contributed by atoms with Crippen molar-refractivity contribution in [2.75, 3.05) is 6.54 Å². The van der Waals surface area contributed by atoms with Gasteiger partial charge in [-0.25, -0.2) is 0 Å². The van der Waals surface area contributed by atoms with E-state index in [1.165, 1.54) is 5.56 Å². The minimum atomic E-state index is 0.144. The molecule has 0 aromatic carbocycles. The Morgan fingerprint density at radius 3 is 2.75 bits per heavy atom. The Morgan fingerprint density at radius 1 is 1.20 bits per heavy atom. The lowest BCUT2D eigenvalue weighted by Crippen LogP contribution is -2.23. The second-order valence-electron chi connectivity index (χ2n) is 4.86. The average Bonchev–Trinajstić information content (AvgIpc) is 2.88. The lowest BCUT2D eigenvalue weighted by molar-refractivity contribution is 0.587. The number of hydrogen-bond acceptors (Lipinski definition) is 3. The molecule has 4 nitrogen and oxygen atoms in total. The molecular weight excluding hydrogens is 316 g/mol. The van der Waals surface area contributed by atoms with Crippen molar-refractivity contribution in [2.45, 2.75) is 39.3 Å². The third-order valence-electron chi connectivity index (χ3n) is 3.10. The molecule has 0 spiro atoms. The molecule has 108 valence electrons. The van der Waals surface area contributed by atoms with Crippen LogP contribution in [0.25, 0.3) is 0 Å². The van der Waals surface area contributed by atoms with Crippen LogP contribution >= 0.6 is 15.9 Å². The van der Waals surface area contributed by atoms with Gasteiger partial charge in [-0.3, -0.25) is 9.67 Å². The van der Waals surface area contributed by atoms with Gasteiger partial charge < -0.3 is 5.32 Å². The van der Waals surface area contributed by atoms with E-state index < -0.39 is 0 Å². The number of aromatic nitrogens is 3. The first-order valence-electron chi connectivity index (χ1n) is 7.10. The largest absolute Gasteiger partial charge is 0.306 e. The Morgan fingerprint density at radius 2 is 2.05 bits per heavy atom. The first-order chi connectivity index (χ1) is 9.74. The van der Waals surface area contributed by atoms with Crippen molar-refractivity contribution in [1.82, 2.24) is 20.1 Å². The molecule has 2 rings (SSSR count). The van der Waals surface area contributed by atoms with Crippen molar-refractivity contribution in [3.63, 3.8) is 0 Å². The fraction of sp³-hybridized carbons (Fsp3) is 0.467. The lowest BCUT2D eigenvalue weighted by Gasteiger charge is -2.17. The molecule has 1 atom stereocenters. The second kappa shape index (κ2) is 7.55. The van der Waals surface area contributed by atoms with Crippen LogP contribution in [-0.2, 0) is 6.54 Å². The number of nitrogens with one attached hydrogen (secondary N) is 1. The summed E-state index contributed by atoms with van der Waals surface area (Å²) < 4.78 is 3.00. The lowest BCUT2D eigenvalue weighted by atomic mass is 10.0. The molecule has 1 N–H and O–H groups in total. The molecule has 2 aromatic heterocycles. The van der Waals surface area contributed by atoms with Crippen molar-refractivity contribution in [1.29, 1.82) is 0 Å². The molecule has 0 saturated heterocycles. The van der Waals surface area contributed by atoms with E-state index >= 15 is 0 Å². The van der Waals surface area contributed by atoms with Gasteiger partial charge in [0.05, 0.1) is 12.2 Å². The summed E-state index contributed by atoms with van der Waals surface area (Å²) in [5.74, 6) is 0. The maximum absolute atomic E-state index is 4.43. The van der Waals surface area contributed by atoms with Crippen molar-refractivity contribution in [3.8, 4) is 0 Å². The summed E-state index contributed by atoms with van der Waals surface area (Å²) in [5, 5.41) is 8.00. The minimum Gasteiger partial charge on any atom is -0.306 e. The zero-order valence-corrected chi connectivity index (χ0v) is 13.6. The van der Waals surface area contributed by atoms with Crippen molar-refractivity contribution in [2.24, 2.45) is 0 Å². The summed E-state index contributed by atoms with van der Waals surface area (Å²) in [4.78, 5) is 4.27. The van der Waals surface area contributed by atoms with Crippen LogP contribution < -0.4 is 5.32 Å². The topological polar surface area (TPSA) is 42.7 Å². The molecule has 5 heteroatoms. The predicted molar refractivity (Wildman–Crippen MR) is 84.6 cm³/mol. The molecular formula is C15H21BrN4. The monoisotopic (exact) mass is 336 g/mol. The summed E-state index contributed by atoms with van der Waals surface area (Å²) in [7, 11) is 0. The van der Waals surface area contributed by atoms with Crippen LogP contribution in [0.5, 0.6) is 0 Å².